The minimum absolute atomic E-state index is 0.332. The maximum absolute atomic E-state index is 12.1. The van der Waals surface area contributed by atoms with Crippen LogP contribution in [-0.2, 0) is 4.74 Å². The number of H-pyrrole nitrogens is 1. The van der Waals surface area contributed by atoms with Crippen LogP contribution < -0.4 is 9.46 Å². The first-order valence-corrected chi connectivity index (χ1v) is 11.2. The molecule has 3 aromatic rings. The summed E-state index contributed by atoms with van der Waals surface area (Å²) in [5.41, 5.74) is 2.06. The van der Waals surface area contributed by atoms with Gasteiger partial charge in [-0.05, 0) is 49.6 Å². The van der Waals surface area contributed by atoms with Crippen LogP contribution >= 0.6 is 23.7 Å². The van der Waals surface area contributed by atoms with Gasteiger partial charge in [-0.25, -0.2) is 9.78 Å². The molecule has 0 aliphatic rings. The standard InChI is InChI=1S/C20H23N3O3S2/c1-3-25-20(24)17-12-14-11-15(26-9-6-10-27-2)13-16(19(14)22-17)23-28-18-7-4-5-8-21-18/h4-5,7-8,11-13,22-23H,3,6,9-10H2,1-2H3. The minimum Gasteiger partial charge on any atom is -0.493 e. The van der Waals surface area contributed by atoms with Crippen LogP contribution in [0.25, 0.3) is 10.9 Å². The number of nitrogens with one attached hydrogen (secondary N) is 2. The second-order valence-corrected chi connectivity index (χ2v) is 7.72. The van der Waals surface area contributed by atoms with Gasteiger partial charge >= 0.3 is 5.97 Å². The Morgan fingerprint density at radius 2 is 2.18 bits per heavy atom. The highest BCUT2D eigenvalue weighted by Crippen LogP contribution is 2.32. The number of thioether (sulfide) groups is 1. The second kappa shape index (κ2) is 10.3. The summed E-state index contributed by atoms with van der Waals surface area (Å²) in [6.45, 7) is 2.77. The summed E-state index contributed by atoms with van der Waals surface area (Å²) < 4.78 is 14.3. The fourth-order valence-corrected chi connectivity index (χ4v) is 3.65. The molecule has 0 saturated carbocycles. The Kier molecular flexibility index (Phi) is 7.50. The molecule has 148 valence electrons. The van der Waals surface area contributed by atoms with Gasteiger partial charge in [-0.3, -0.25) is 0 Å². The van der Waals surface area contributed by atoms with Crippen molar-refractivity contribution in [1.29, 1.82) is 0 Å². The van der Waals surface area contributed by atoms with E-state index in [-0.39, 0.29) is 5.97 Å². The number of esters is 1. The number of rotatable bonds is 10. The number of ether oxygens (including phenoxy) is 2. The lowest BCUT2D eigenvalue weighted by molar-refractivity contribution is 0.0520. The number of aromatic nitrogens is 2. The number of hydrogen-bond acceptors (Lipinski definition) is 7. The highest BCUT2D eigenvalue weighted by molar-refractivity contribution is 8.00. The molecule has 0 bridgehead atoms. The average molecular weight is 418 g/mol. The van der Waals surface area contributed by atoms with Crippen LogP contribution in [0.15, 0.2) is 47.6 Å². The molecule has 0 fully saturated rings. The minimum atomic E-state index is -0.371. The largest absolute Gasteiger partial charge is 0.493 e. The number of aromatic amines is 1. The van der Waals surface area contributed by atoms with E-state index in [9.17, 15) is 4.79 Å². The second-order valence-electron chi connectivity index (χ2n) is 5.91. The zero-order valence-corrected chi connectivity index (χ0v) is 17.5. The van der Waals surface area contributed by atoms with E-state index >= 15 is 0 Å². The van der Waals surface area contributed by atoms with Crippen molar-refractivity contribution in [1.82, 2.24) is 9.97 Å². The van der Waals surface area contributed by atoms with Gasteiger partial charge in [-0.2, -0.15) is 11.8 Å². The smallest absolute Gasteiger partial charge is 0.354 e. The van der Waals surface area contributed by atoms with Crippen molar-refractivity contribution in [3.8, 4) is 5.75 Å². The molecule has 2 N–H and O–H groups in total. The summed E-state index contributed by atoms with van der Waals surface area (Å²) >= 11 is 3.20. The SMILES string of the molecule is CCOC(=O)c1cc2cc(OCCCSC)cc(NSc3ccccn3)c2[nH]1. The summed E-state index contributed by atoms with van der Waals surface area (Å²) in [6.07, 6.45) is 4.81. The summed E-state index contributed by atoms with van der Waals surface area (Å²) in [4.78, 5) is 19.6. The number of benzene rings is 1. The predicted octanol–water partition coefficient (Wildman–Crippen LogP) is 4.99. The zero-order chi connectivity index (χ0) is 19.8. The Balaban J connectivity index is 1.86. The maximum atomic E-state index is 12.1. The molecular formula is C20H23N3O3S2. The van der Waals surface area contributed by atoms with Crippen LogP contribution in [-0.4, -0.2) is 41.2 Å². The highest BCUT2D eigenvalue weighted by atomic mass is 32.2. The number of nitrogens with zero attached hydrogens (tertiary/aromatic N) is 1. The van der Waals surface area contributed by atoms with Gasteiger partial charge in [-0.1, -0.05) is 6.07 Å². The van der Waals surface area contributed by atoms with E-state index in [1.54, 1.807) is 30.9 Å². The van der Waals surface area contributed by atoms with E-state index in [0.717, 1.165) is 39.5 Å². The Morgan fingerprint density at radius 1 is 1.29 bits per heavy atom. The monoisotopic (exact) mass is 417 g/mol. The van der Waals surface area contributed by atoms with Gasteiger partial charge in [0.05, 0.1) is 24.4 Å². The number of anilines is 1. The Bertz CT molecular complexity index is 916. The maximum Gasteiger partial charge on any atom is 0.354 e. The highest BCUT2D eigenvalue weighted by Gasteiger charge is 2.14. The van der Waals surface area contributed by atoms with Gasteiger partial charge < -0.3 is 19.2 Å². The van der Waals surface area contributed by atoms with Crippen molar-refractivity contribution in [2.75, 3.05) is 29.9 Å². The van der Waals surface area contributed by atoms with E-state index in [1.807, 2.05) is 30.3 Å². The molecule has 3 rings (SSSR count). The van der Waals surface area contributed by atoms with Gasteiger partial charge in [0, 0.05) is 29.6 Å². The van der Waals surface area contributed by atoms with Gasteiger partial charge in [-0.15, -0.1) is 0 Å². The number of carbonyl (C=O) groups is 1. The van der Waals surface area contributed by atoms with Crippen LogP contribution in [0, 0.1) is 0 Å². The van der Waals surface area contributed by atoms with E-state index in [0.29, 0.717) is 18.9 Å². The van der Waals surface area contributed by atoms with Crippen molar-refractivity contribution in [2.24, 2.45) is 0 Å². The molecule has 6 nitrogen and oxygen atoms in total. The predicted molar refractivity (Wildman–Crippen MR) is 116 cm³/mol. The van der Waals surface area contributed by atoms with Crippen molar-refractivity contribution in [3.05, 3.63) is 48.3 Å². The molecule has 0 aliphatic carbocycles. The third kappa shape index (κ3) is 5.36. The summed E-state index contributed by atoms with van der Waals surface area (Å²) in [7, 11) is 0. The van der Waals surface area contributed by atoms with Crippen LogP contribution in [0.1, 0.15) is 23.8 Å². The van der Waals surface area contributed by atoms with Crippen molar-refractivity contribution < 1.29 is 14.3 Å². The lowest BCUT2D eigenvalue weighted by atomic mass is 10.2. The van der Waals surface area contributed by atoms with E-state index in [2.05, 4.69) is 20.9 Å². The van der Waals surface area contributed by atoms with Gasteiger partial charge in [0.1, 0.15) is 16.5 Å². The molecule has 2 aromatic heterocycles. The zero-order valence-electron chi connectivity index (χ0n) is 15.9. The van der Waals surface area contributed by atoms with E-state index in [1.165, 1.54) is 11.9 Å². The van der Waals surface area contributed by atoms with Gasteiger partial charge in [0.15, 0.2) is 0 Å². The Hall–Kier alpha value is -2.32. The van der Waals surface area contributed by atoms with E-state index in [4.69, 9.17) is 9.47 Å². The summed E-state index contributed by atoms with van der Waals surface area (Å²) in [6, 6.07) is 11.4. The molecule has 0 spiro atoms. The summed E-state index contributed by atoms with van der Waals surface area (Å²) in [5.74, 6) is 1.44. The molecule has 1 aromatic carbocycles. The fraction of sp³-hybridized carbons (Fsp3) is 0.300. The molecule has 8 heteroatoms. The summed E-state index contributed by atoms with van der Waals surface area (Å²) in [5, 5.41) is 1.73. The van der Waals surface area contributed by atoms with E-state index < -0.39 is 0 Å². The molecular weight excluding hydrogens is 394 g/mol. The Morgan fingerprint density at radius 3 is 2.93 bits per heavy atom. The third-order valence-electron chi connectivity index (χ3n) is 3.86. The quantitative estimate of drug-likeness (QED) is 0.273. The number of hydrogen-bond donors (Lipinski definition) is 2. The Labute approximate surface area is 172 Å². The first kappa shape index (κ1) is 20.4. The molecule has 0 saturated heterocycles. The van der Waals surface area contributed by atoms with Crippen LogP contribution in [0.2, 0.25) is 0 Å². The first-order valence-electron chi connectivity index (χ1n) is 9.00. The molecule has 28 heavy (non-hydrogen) atoms. The lowest BCUT2D eigenvalue weighted by Crippen LogP contribution is -2.04. The normalized spacial score (nSPS) is 10.8. The lowest BCUT2D eigenvalue weighted by Gasteiger charge is -2.11. The molecule has 0 atom stereocenters. The topological polar surface area (TPSA) is 76.2 Å². The number of pyridine rings is 1. The van der Waals surface area contributed by atoms with Gasteiger partial charge in [0.25, 0.3) is 0 Å². The van der Waals surface area contributed by atoms with Crippen molar-refractivity contribution in [2.45, 2.75) is 18.4 Å². The third-order valence-corrected chi connectivity index (χ3v) is 5.33. The molecule has 0 radical (unpaired) electrons. The van der Waals surface area contributed by atoms with Crippen molar-refractivity contribution in [3.63, 3.8) is 0 Å². The fourth-order valence-electron chi connectivity index (χ4n) is 2.61. The number of fused-ring (bicyclic) bond motifs is 1. The average Bonchev–Trinajstić information content (AvgIpc) is 3.15. The number of carbonyl (C=O) groups excluding carboxylic acids is 1. The van der Waals surface area contributed by atoms with Gasteiger partial charge in [0.2, 0.25) is 0 Å². The first-order chi connectivity index (χ1) is 13.7. The molecule has 0 amide bonds. The molecule has 0 aliphatic heterocycles. The molecule has 2 heterocycles. The van der Waals surface area contributed by atoms with Crippen LogP contribution in [0.3, 0.4) is 0 Å². The van der Waals surface area contributed by atoms with Crippen LogP contribution in [0.5, 0.6) is 5.75 Å². The molecule has 0 unspecified atom stereocenters. The van der Waals surface area contributed by atoms with Crippen molar-refractivity contribution >= 4 is 46.3 Å². The van der Waals surface area contributed by atoms with Crippen LogP contribution in [0.4, 0.5) is 5.69 Å².